The standard InChI is InChI=1S/C4H6N4O.C4H7NO3.C4H6O3.C4H8.3CH4/c1-3(9)2-4-5-7-8-6-4;1-3(6)2-4(7)5-8;1-3(5)2-4(6)7;1-3-4-2;;;/h2H2,1H3,(H,5,6,7,8);8H,2H2,1H3,(H,5,7);2H2,1H3,(H,6,7);3-4H,1-2H3;3*1H4. The zero-order chi connectivity index (χ0) is 22.5. The number of hydrogen-bond acceptors (Lipinski definition) is 9. The molecule has 12 heteroatoms. The monoisotopic (exact) mass is 449 g/mol. The summed E-state index contributed by atoms with van der Waals surface area (Å²) in [6.45, 7) is 8.00. The third-order valence-corrected chi connectivity index (χ3v) is 2.06. The highest BCUT2D eigenvalue weighted by molar-refractivity contribution is 5.96. The van der Waals surface area contributed by atoms with Crippen LogP contribution in [-0.4, -0.2) is 60.2 Å². The number of carboxylic acid groups (broad SMARTS) is 1. The molecule has 1 aromatic heterocycles. The number of nitrogens with one attached hydrogen (secondary N) is 2. The number of hydrogen-bond donors (Lipinski definition) is 4. The molecular weight excluding hydrogens is 410 g/mol. The van der Waals surface area contributed by atoms with E-state index in [1.807, 2.05) is 26.0 Å². The van der Waals surface area contributed by atoms with Crippen LogP contribution in [0.2, 0.25) is 0 Å². The average Bonchev–Trinajstić information content (AvgIpc) is 3.06. The number of carbonyl (C=O) groups excluding carboxylic acids is 4. The summed E-state index contributed by atoms with van der Waals surface area (Å²) in [6.07, 6.45) is 3.65. The number of Topliss-reactive ketones (excluding diaryl/α,β-unsaturated/α-hetero) is 3. The van der Waals surface area contributed by atoms with Crippen LogP contribution in [0.4, 0.5) is 0 Å². The van der Waals surface area contributed by atoms with Gasteiger partial charge in [-0.3, -0.25) is 29.2 Å². The summed E-state index contributed by atoms with van der Waals surface area (Å²) >= 11 is 0. The number of H-pyrrole nitrogens is 1. The lowest BCUT2D eigenvalue weighted by molar-refractivity contribution is -0.140. The number of hydroxylamine groups is 1. The van der Waals surface area contributed by atoms with E-state index in [4.69, 9.17) is 10.3 Å². The van der Waals surface area contributed by atoms with Gasteiger partial charge in [-0.25, -0.2) is 5.48 Å². The molecule has 1 amide bonds. The van der Waals surface area contributed by atoms with Crippen LogP contribution in [0.15, 0.2) is 12.2 Å². The van der Waals surface area contributed by atoms with Crippen molar-refractivity contribution in [3.8, 4) is 0 Å². The van der Waals surface area contributed by atoms with Crippen molar-refractivity contribution in [2.24, 2.45) is 0 Å². The van der Waals surface area contributed by atoms with Crippen molar-refractivity contribution in [3.63, 3.8) is 0 Å². The van der Waals surface area contributed by atoms with E-state index in [2.05, 4.69) is 20.6 Å². The van der Waals surface area contributed by atoms with Gasteiger partial charge in [0.25, 0.3) is 5.91 Å². The first kappa shape index (κ1) is 42.0. The highest BCUT2D eigenvalue weighted by atomic mass is 16.5. The molecule has 0 saturated carbocycles. The lowest BCUT2D eigenvalue weighted by Crippen LogP contribution is -2.20. The Hall–Kier alpha value is -3.28. The third kappa shape index (κ3) is 46.6. The minimum absolute atomic E-state index is 0. The Kier molecular flexibility index (Phi) is 39.1. The molecule has 12 nitrogen and oxygen atoms in total. The number of allylic oxidation sites excluding steroid dienone is 2. The predicted molar refractivity (Wildman–Crippen MR) is 117 cm³/mol. The van der Waals surface area contributed by atoms with Gasteiger partial charge in [0, 0.05) is 0 Å². The molecule has 1 heterocycles. The Labute approximate surface area is 184 Å². The molecule has 182 valence electrons. The van der Waals surface area contributed by atoms with E-state index in [1.165, 1.54) is 26.3 Å². The van der Waals surface area contributed by atoms with Gasteiger partial charge in [-0.15, -0.1) is 10.2 Å². The fraction of sp³-hybridized carbons (Fsp3) is 0.579. The minimum Gasteiger partial charge on any atom is -0.481 e. The maximum atomic E-state index is 10.4. The fourth-order valence-corrected chi connectivity index (χ4v) is 0.959. The van der Waals surface area contributed by atoms with Crippen molar-refractivity contribution < 1.29 is 34.3 Å². The number of aliphatic carboxylic acids is 1. The number of amides is 1. The smallest absolute Gasteiger partial charge is 0.310 e. The van der Waals surface area contributed by atoms with E-state index in [0.29, 0.717) is 5.82 Å². The molecule has 1 rings (SSSR count). The lowest BCUT2D eigenvalue weighted by atomic mass is 10.3. The number of rotatable bonds is 6. The molecule has 0 unspecified atom stereocenters. The van der Waals surface area contributed by atoms with Crippen molar-refractivity contribution in [2.75, 3.05) is 0 Å². The van der Waals surface area contributed by atoms with Crippen molar-refractivity contribution in [1.82, 2.24) is 26.1 Å². The number of aromatic nitrogens is 4. The maximum Gasteiger partial charge on any atom is 0.310 e. The van der Waals surface area contributed by atoms with Gasteiger partial charge >= 0.3 is 5.97 Å². The average molecular weight is 450 g/mol. The Morgan fingerprint density at radius 1 is 0.903 bits per heavy atom. The predicted octanol–water partition coefficient (Wildman–Crippen LogP) is 2.34. The Bertz CT molecular complexity index is 614. The van der Waals surface area contributed by atoms with E-state index < -0.39 is 11.9 Å². The molecule has 4 N–H and O–H groups in total. The summed E-state index contributed by atoms with van der Waals surface area (Å²) in [4.78, 5) is 49.9. The summed E-state index contributed by atoms with van der Waals surface area (Å²) in [6, 6.07) is 0. The Morgan fingerprint density at radius 2 is 1.35 bits per heavy atom. The van der Waals surface area contributed by atoms with E-state index in [-0.39, 0.29) is 58.9 Å². The number of carboxylic acids is 1. The molecule has 0 saturated heterocycles. The zero-order valence-corrected chi connectivity index (χ0v) is 16.6. The highest BCUT2D eigenvalue weighted by Gasteiger charge is 2.01. The van der Waals surface area contributed by atoms with Crippen molar-refractivity contribution in [1.29, 1.82) is 0 Å². The molecule has 0 aromatic carbocycles. The van der Waals surface area contributed by atoms with Gasteiger partial charge in [0.15, 0.2) is 5.82 Å². The molecule has 0 atom stereocenters. The number of tetrazole rings is 1. The second-order valence-electron chi connectivity index (χ2n) is 5.06. The summed E-state index contributed by atoms with van der Waals surface area (Å²) in [5.74, 6) is -1.83. The van der Waals surface area contributed by atoms with Crippen LogP contribution in [-0.2, 0) is 30.4 Å². The highest BCUT2D eigenvalue weighted by Crippen LogP contribution is 1.84. The van der Waals surface area contributed by atoms with Crippen LogP contribution in [0.25, 0.3) is 0 Å². The van der Waals surface area contributed by atoms with Crippen molar-refractivity contribution in [3.05, 3.63) is 18.0 Å². The number of aromatic amines is 1. The van der Waals surface area contributed by atoms with Gasteiger partial charge in [0.2, 0.25) is 0 Å². The molecule has 0 spiro atoms. The normalized spacial score (nSPS) is 7.94. The molecule has 1 aromatic rings. The maximum absolute atomic E-state index is 10.4. The van der Waals surface area contributed by atoms with Crippen LogP contribution in [0.3, 0.4) is 0 Å². The molecule has 0 bridgehead atoms. The largest absolute Gasteiger partial charge is 0.481 e. The lowest BCUT2D eigenvalue weighted by Gasteiger charge is -1.89. The summed E-state index contributed by atoms with van der Waals surface area (Å²) < 4.78 is 0. The van der Waals surface area contributed by atoms with Crippen LogP contribution in [0, 0.1) is 0 Å². The van der Waals surface area contributed by atoms with Crippen LogP contribution >= 0.6 is 0 Å². The van der Waals surface area contributed by atoms with Crippen LogP contribution in [0.5, 0.6) is 0 Å². The van der Waals surface area contributed by atoms with Gasteiger partial charge in [-0.2, -0.15) is 5.21 Å². The molecule has 0 aliphatic rings. The van der Waals surface area contributed by atoms with E-state index in [0.717, 1.165) is 0 Å². The number of ketones is 3. The van der Waals surface area contributed by atoms with Gasteiger partial charge in [0.1, 0.15) is 23.8 Å². The number of nitrogens with zero attached hydrogens (tertiary/aromatic N) is 3. The topological polar surface area (TPSA) is 192 Å². The molecule has 0 aliphatic heterocycles. The SMILES string of the molecule is C.C.C.CC(=O)CC(=O)NO.CC(=O)CC(=O)O.CC(=O)Cc1nn[nH]n1.CC=CC. The van der Waals surface area contributed by atoms with Crippen molar-refractivity contribution >= 4 is 29.2 Å². The zero-order valence-electron chi connectivity index (χ0n) is 16.6. The van der Waals surface area contributed by atoms with E-state index in [9.17, 15) is 24.0 Å². The van der Waals surface area contributed by atoms with E-state index >= 15 is 0 Å². The molecule has 0 aliphatic carbocycles. The third-order valence-electron chi connectivity index (χ3n) is 2.06. The molecular formula is C19H39N5O7. The quantitative estimate of drug-likeness (QED) is 0.217. The van der Waals surface area contributed by atoms with Crippen molar-refractivity contribution in [2.45, 2.75) is 76.2 Å². The Balaban J connectivity index is -0.0000000672. The first-order chi connectivity index (χ1) is 13.0. The van der Waals surface area contributed by atoms with E-state index in [1.54, 1.807) is 0 Å². The second-order valence-corrected chi connectivity index (χ2v) is 5.06. The molecule has 0 fully saturated rings. The Morgan fingerprint density at radius 3 is 1.52 bits per heavy atom. The van der Waals surface area contributed by atoms with Crippen LogP contribution in [0.1, 0.15) is 75.6 Å². The van der Waals surface area contributed by atoms with Gasteiger partial charge < -0.3 is 5.11 Å². The van der Waals surface area contributed by atoms with Gasteiger partial charge in [0.05, 0.1) is 12.8 Å². The second kappa shape index (κ2) is 28.9. The number of carbonyl (C=O) groups is 5. The summed E-state index contributed by atoms with van der Waals surface area (Å²) in [7, 11) is 0. The summed E-state index contributed by atoms with van der Waals surface area (Å²) in [5.41, 5.74) is 1.34. The first-order valence-corrected chi connectivity index (χ1v) is 7.92. The molecule has 31 heavy (non-hydrogen) atoms. The minimum atomic E-state index is -1.06. The van der Waals surface area contributed by atoms with Gasteiger partial charge in [-0.1, -0.05) is 39.6 Å². The first-order valence-electron chi connectivity index (χ1n) is 7.92. The fourth-order valence-electron chi connectivity index (χ4n) is 0.959. The molecule has 0 radical (unpaired) electrons. The van der Waals surface area contributed by atoms with Crippen LogP contribution < -0.4 is 5.48 Å². The summed E-state index contributed by atoms with van der Waals surface area (Å²) in [5, 5.41) is 28.4. The van der Waals surface area contributed by atoms with Gasteiger partial charge in [-0.05, 0) is 34.6 Å².